The second kappa shape index (κ2) is 11.6. The van der Waals surface area contributed by atoms with Crippen molar-refractivity contribution < 1.29 is 37.7 Å². The third-order valence-electron chi connectivity index (χ3n) is 3.59. The fourth-order valence-electron chi connectivity index (χ4n) is 2.25. The number of hydrogen-bond acceptors (Lipinski definition) is 4. The number of benzene rings is 2. The van der Waals surface area contributed by atoms with Gasteiger partial charge >= 0.3 is 5.97 Å². The summed E-state index contributed by atoms with van der Waals surface area (Å²) in [4.78, 5) is 23.1. The molecule has 2 aromatic rings. The third kappa shape index (κ3) is 7.28. The van der Waals surface area contributed by atoms with E-state index >= 15 is 0 Å². The first-order chi connectivity index (χ1) is 13.3. The second-order valence-corrected chi connectivity index (χ2v) is 5.50. The number of hydrogen-bond donors (Lipinski definition) is 3. The zero-order valence-corrected chi connectivity index (χ0v) is 15.0. The van der Waals surface area contributed by atoms with Crippen LogP contribution < -0.4 is 10.1 Å². The van der Waals surface area contributed by atoms with Crippen LogP contribution in [0.15, 0.2) is 42.5 Å². The first kappa shape index (κ1) is 23.0. The third-order valence-corrected chi connectivity index (χ3v) is 3.59. The number of ether oxygens (including phenoxy) is 1. The molecule has 3 N–H and O–H groups in total. The Morgan fingerprint density at radius 1 is 1.11 bits per heavy atom. The molecule has 9 heteroatoms. The number of alkyl halides is 2. The van der Waals surface area contributed by atoms with Crippen LogP contribution in [0.4, 0.5) is 13.2 Å². The highest BCUT2D eigenvalue weighted by Gasteiger charge is 2.17. The first-order valence-corrected chi connectivity index (χ1v) is 8.04. The first-order valence-electron chi connectivity index (χ1n) is 8.04. The largest absolute Gasteiger partial charge is 0.496 e. The van der Waals surface area contributed by atoms with Crippen LogP contribution in [-0.4, -0.2) is 42.2 Å². The summed E-state index contributed by atoms with van der Waals surface area (Å²) in [6, 6.07) is 10.3. The number of rotatable bonds is 7. The summed E-state index contributed by atoms with van der Waals surface area (Å²) in [5.74, 6) is -1.79. The van der Waals surface area contributed by atoms with E-state index in [4.69, 9.17) is 9.84 Å². The number of amides is 1. The van der Waals surface area contributed by atoms with Gasteiger partial charge in [0.1, 0.15) is 11.6 Å². The second-order valence-electron chi connectivity index (χ2n) is 5.50. The molecule has 0 fully saturated rings. The van der Waals surface area contributed by atoms with E-state index in [1.54, 1.807) is 18.2 Å². The van der Waals surface area contributed by atoms with Crippen LogP contribution in [0.25, 0.3) is 0 Å². The predicted molar refractivity (Wildman–Crippen MR) is 95.0 cm³/mol. The summed E-state index contributed by atoms with van der Waals surface area (Å²) in [6.45, 7) is -1.55. The Hall–Kier alpha value is -3.07. The number of carbonyl (C=O) groups excluding carboxylic acids is 1. The number of carboxylic acids is 1. The van der Waals surface area contributed by atoms with Gasteiger partial charge in [0.2, 0.25) is 6.93 Å². The van der Waals surface area contributed by atoms with Crippen molar-refractivity contribution in [2.45, 2.75) is 19.1 Å². The Bertz CT molecular complexity index is 784. The number of halogens is 3. The van der Waals surface area contributed by atoms with Crippen molar-refractivity contribution in [3.63, 3.8) is 0 Å². The topological polar surface area (TPSA) is 95.9 Å². The lowest BCUT2D eigenvalue weighted by Crippen LogP contribution is -2.24. The molecule has 28 heavy (non-hydrogen) atoms. The summed E-state index contributed by atoms with van der Waals surface area (Å²) >= 11 is 0. The molecular weight excluding hydrogens is 379 g/mol. The number of methoxy groups -OCH3 is 1. The summed E-state index contributed by atoms with van der Waals surface area (Å²) in [5.41, 5.74) is 1.44. The summed E-state index contributed by atoms with van der Waals surface area (Å²) in [5, 5.41) is 20.9. The maximum absolute atomic E-state index is 12.9. The van der Waals surface area contributed by atoms with E-state index in [0.717, 1.165) is 5.56 Å². The molecule has 0 heterocycles. The van der Waals surface area contributed by atoms with Crippen LogP contribution >= 0.6 is 0 Å². The van der Waals surface area contributed by atoms with Crippen LogP contribution in [0.2, 0.25) is 0 Å². The van der Waals surface area contributed by atoms with Crippen molar-refractivity contribution in [1.29, 1.82) is 0 Å². The molecule has 0 saturated carbocycles. The average molecular weight is 399 g/mol. The van der Waals surface area contributed by atoms with Crippen LogP contribution in [-0.2, 0) is 17.8 Å². The highest BCUT2D eigenvalue weighted by Crippen LogP contribution is 2.21. The minimum Gasteiger partial charge on any atom is -0.496 e. The molecule has 0 aliphatic rings. The van der Waals surface area contributed by atoms with Gasteiger partial charge in [0.05, 0.1) is 12.7 Å². The molecule has 1 unspecified atom stereocenters. The van der Waals surface area contributed by atoms with Crippen molar-refractivity contribution in [2.75, 3.05) is 14.0 Å². The normalized spacial score (nSPS) is 11.0. The molecule has 1 amide bonds. The highest BCUT2D eigenvalue weighted by molar-refractivity contribution is 5.97. The number of carbonyl (C=O) groups is 2. The predicted octanol–water partition coefficient (Wildman–Crippen LogP) is 2.64. The molecular formula is C19H20F3NO5. The standard InChI is InChI=1S/C18H18FNO5.CH2F2/c1-25-16-7-4-12(9-15(21)18(23)24)8-14(16)17(22)20-10-11-2-5-13(19)6-3-11;2-1-3/h2-8,15,21H,9-10H2,1H3,(H,20,22)(H,23,24);1H2. The Morgan fingerprint density at radius 3 is 2.21 bits per heavy atom. The van der Waals surface area contributed by atoms with Gasteiger partial charge < -0.3 is 20.3 Å². The van der Waals surface area contributed by atoms with Crippen LogP contribution in [0.1, 0.15) is 21.5 Å². The maximum atomic E-state index is 12.9. The van der Waals surface area contributed by atoms with Crippen molar-refractivity contribution in [3.05, 3.63) is 65.0 Å². The minimum atomic E-state index is -1.75. The smallest absolute Gasteiger partial charge is 0.332 e. The Morgan fingerprint density at radius 2 is 1.68 bits per heavy atom. The fourth-order valence-corrected chi connectivity index (χ4v) is 2.25. The van der Waals surface area contributed by atoms with Gasteiger partial charge in [0, 0.05) is 13.0 Å². The van der Waals surface area contributed by atoms with Gasteiger partial charge in [-0.15, -0.1) is 0 Å². The molecule has 0 radical (unpaired) electrons. The van der Waals surface area contributed by atoms with E-state index < -0.39 is 24.9 Å². The van der Waals surface area contributed by atoms with Gasteiger partial charge in [-0.3, -0.25) is 4.79 Å². The molecule has 0 aromatic heterocycles. The van der Waals surface area contributed by atoms with Gasteiger partial charge in [0.25, 0.3) is 5.91 Å². The number of aliphatic carboxylic acids is 1. The quantitative estimate of drug-likeness (QED) is 0.665. The van der Waals surface area contributed by atoms with Gasteiger partial charge in [-0.2, -0.15) is 0 Å². The van der Waals surface area contributed by atoms with E-state index in [9.17, 15) is 27.9 Å². The van der Waals surface area contributed by atoms with E-state index in [2.05, 4.69) is 5.32 Å². The average Bonchev–Trinajstić information content (AvgIpc) is 2.67. The Balaban J connectivity index is 0.00000122. The molecule has 0 saturated heterocycles. The van der Waals surface area contributed by atoms with Gasteiger partial charge in [-0.25, -0.2) is 18.0 Å². The lowest BCUT2D eigenvalue weighted by molar-refractivity contribution is -0.146. The number of aliphatic hydroxyl groups excluding tert-OH is 1. The van der Waals surface area contributed by atoms with Crippen molar-refractivity contribution in [2.24, 2.45) is 0 Å². The maximum Gasteiger partial charge on any atom is 0.332 e. The van der Waals surface area contributed by atoms with E-state index in [1.165, 1.54) is 31.4 Å². The van der Waals surface area contributed by atoms with Gasteiger partial charge in [0.15, 0.2) is 6.10 Å². The molecule has 6 nitrogen and oxygen atoms in total. The van der Waals surface area contributed by atoms with Crippen molar-refractivity contribution in [1.82, 2.24) is 5.32 Å². The fraction of sp³-hybridized carbons (Fsp3) is 0.263. The number of nitrogens with one attached hydrogen (secondary N) is 1. The highest BCUT2D eigenvalue weighted by atomic mass is 19.3. The lowest BCUT2D eigenvalue weighted by Gasteiger charge is -2.12. The van der Waals surface area contributed by atoms with E-state index in [0.29, 0.717) is 11.3 Å². The monoisotopic (exact) mass is 399 g/mol. The Labute approximate surface area is 159 Å². The Kier molecular flexibility index (Phi) is 9.52. The molecule has 2 aromatic carbocycles. The molecule has 0 spiro atoms. The molecule has 0 aliphatic heterocycles. The summed E-state index contributed by atoms with van der Waals surface area (Å²) in [7, 11) is 1.41. The molecule has 2 rings (SSSR count). The lowest BCUT2D eigenvalue weighted by atomic mass is 10.0. The molecule has 0 bridgehead atoms. The number of aliphatic hydroxyl groups is 1. The van der Waals surface area contributed by atoms with Crippen LogP contribution in [0.5, 0.6) is 5.75 Å². The van der Waals surface area contributed by atoms with Crippen molar-refractivity contribution in [3.8, 4) is 5.75 Å². The summed E-state index contributed by atoms with van der Waals surface area (Å²) < 4.78 is 37.3. The van der Waals surface area contributed by atoms with Crippen LogP contribution in [0, 0.1) is 5.82 Å². The number of carboxylic acid groups (broad SMARTS) is 1. The minimum absolute atomic E-state index is 0.127. The van der Waals surface area contributed by atoms with Crippen LogP contribution in [0.3, 0.4) is 0 Å². The van der Waals surface area contributed by atoms with E-state index in [-0.39, 0.29) is 24.3 Å². The SMILES string of the molecule is COc1ccc(CC(O)C(=O)O)cc1C(=O)NCc1ccc(F)cc1.FCF. The van der Waals surface area contributed by atoms with Gasteiger partial charge in [-0.1, -0.05) is 18.2 Å². The summed E-state index contributed by atoms with van der Waals surface area (Å²) in [6.07, 6.45) is -1.68. The van der Waals surface area contributed by atoms with Crippen molar-refractivity contribution >= 4 is 11.9 Å². The molecule has 0 aliphatic carbocycles. The van der Waals surface area contributed by atoms with Gasteiger partial charge in [-0.05, 0) is 35.4 Å². The molecule has 152 valence electrons. The van der Waals surface area contributed by atoms with E-state index in [1.807, 2.05) is 0 Å². The molecule has 1 atom stereocenters. The zero-order chi connectivity index (χ0) is 21.1. The zero-order valence-electron chi connectivity index (χ0n) is 15.0.